The molecule has 0 aliphatic carbocycles. The van der Waals surface area contributed by atoms with Gasteiger partial charge in [0.2, 0.25) is 17.7 Å². The van der Waals surface area contributed by atoms with Crippen LogP contribution in [0.15, 0.2) is 18.2 Å². The first-order valence-corrected chi connectivity index (χ1v) is 12.4. The van der Waals surface area contributed by atoms with Crippen LogP contribution in [0.4, 0.5) is 4.79 Å². The van der Waals surface area contributed by atoms with E-state index in [-0.39, 0.29) is 30.5 Å². The number of carbonyl (C=O) groups excluding carboxylic acids is 4. The van der Waals surface area contributed by atoms with Crippen LogP contribution in [0.5, 0.6) is 5.75 Å². The van der Waals surface area contributed by atoms with E-state index in [4.69, 9.17) is 4.74 Å². The molecular formula is C25H40N4O6S. The van der Waals surface area contributed by atoms with Gasteiger partial charge < -0.3 is 31.1 Å². The van der Waals surface area contributed by atoms with Crippen LogP contribution in [0, 0.1) is 12.8 Å². The number of aryl methyl sites for hydroxylation is 1. The van der Waals surface area contributed by atoms with Gasteiger partial charge >= 0.3 is 6.09 Å². The van der Waals surface area contributed by atoms with E-state index in [2.05, 4.69) is 33.9 Å². The lowest BCUT2D eigenvalue weighted by molar-refractivity contribution is -0.132. The van der Waals surface area contributed by atoms with Crippen LogP contribution < -0.4 is 21.3 Å². The summed E-state index contributed by atoms with van der Waals surface area (Å²) in [6, 6.07) is 2.99. The van der Waals surface area contributed by atoms with Crippen molar-refractivity contribution in [2.45, 2.75) is 77.3 Å². The van der Waals surface area contributed by atoms with Crippen molar-refractivity contribution in [2.24, 2.45) is 5.92 Å². The monoisotopic (exact) mass is 524 g/mol. The topological polar surface area (TPSA) is 146 Å². The molecule has 0 fully saturated rings. The van der Waals surface area contributed by atoms with Crippen molar-refractivity contribution in [2.75, 3.05) is 13.6 Å². The van der Waals surface area contributed by atoms with Crippen molar-refractivity contribution < 1.29 is 29.0 Å². The number of alkyl carbamates (subject to hydrolysis) is 1. The predicted octanol–water partition coefficient (Wildman–Crippen LogP) is 1.83. The number of hydrogen-bond acceptors (Lipinski definition) is 7. The third-order valence-electron chi connectivity index (χ3n) is 5.11. The molecular weight excluding hydrogens is 484 g/mol. The molecule has 0 aromatic heterocycles. The largest absolute Gasteiger partial charge is 0.508 e. The molecule has 1 aromatic rings. The Morgan fingerprint density at radius 1 is 1.03 bits per heavy atom. The molecule has 0 saturated carbocycles. The summed E-state index contributed by atoms with van der Waals surface area (Å²) >= 11 is 4.25. The summed E-state index contributed by atoms with van der Waals surface area (Å²) < 4.78 is 5.15. The lowest BCUT2D eigenvalue weighted by atomic mass is 9.98. The van der Waals surface area contributed by atoms with E-state index in [1.807, 2.05) is 13.8 Å². The Balaban J connectivity index is 2.90. The van der Waals surface area contributed by atoms with Crippen LogP contribution >= 0.6 is 12.6 Å². The molecule has 0 aliphatic rings. The van der Waals surface area contributed by atoms with Crippen LogP contribution in [0.1, 0.15) is 52.2 Å². The van der Waals surface area contributed by atoms with Gasteiger partial charge in [0, 0.05) is 20.0 Å². The first-order valence-electron chi connectivity index (χ1n) is 11.9. The number of thiol groups is 1. The van der Waals surface area contributed by atoms with E-state index in [0.29, 0.717) is 6.42 Å². The molecule has 0 spiro atoms. The maximum atomic E-state index is 13.2. The van der Waals surface area contributed by atoms with E-state index in [9.17, 15) is 24.3 Å². The number of amides is 4. The number of ether oxygens (including phenoxy) is 1. The number of rotatable bonds is 11. The van der Waals surface area contributed by atoms with E-state index >= 15 is 0 Å². The second-order valence-corrected chi connectivity index (χ2v) is 10.7. The number of likely N-dealkylation sites (N-methyl/N-ethyl adjacent to an activating group) is 1. The molecule has 3 atom stereocenters. The van der Waals surface area contributed by atoms with Crippen LogP contribution in [0.2, 0.25) is 0 Å². The summed E-state index contributed by atoms with van der Waals surface area (Å²) in [6.45, 7) is 10.7. The van der Waals surface area contributed by atoms with Gasteiger partial charge in [-0.3, -0.25) is 14.4 Å². The van der Waals surface area contributed by atoms with Gasteiger partial charge in [-0.2, -0.15) is 12.6 Å². The Kier molecular flexibility index (Phi) is 12.1. The molecule has 0 aliphatic heterocycles. The number of benzene rings is 1. The SMILES string of the molecule is CNC(=O)[C@H](Cc1ccc(O)cc1C)NC(=O)[C@H](CC(C)C)NC(=O)[C@H](S)CNC(=O)OC(C)(C)C. The summed E-state index contributed by atoms with van der Waals surface area (Å²) in [5.41, 5.74) is 0.883. The fourth-order valence-electron chi connectivity index (χ4n) is 3.34. The second kappa shape index (κ2) is 14.0. The maximum absolute atomic E-state index is 13.2. The highest BCUT2D eigenvalue weighted by atomic mass is 32.1. The van der Waals surface area contributed by atoms with Crippen molar-refractivity contribution in [1.29, 1.82) is 0 Å². The molecule has 0 saturated heterocycles. The lowest BCUT2D eigenvalue weighted by Crippen LogP contribution is -2.55. The molecule has 11 heteroatoms. The first kappa shape index (κ1) is 31.1. The minimum Gasteiger partial charge on any atom is -0.508 e. The average Bonchev–Trinajstić information content (AvgIpc) is 2.75. The molecule has 0 radical (unpaired) electrons. The zero-order valence-corrected chi connectivity index (χ0v) is 23.0. The van der Waals surface area contributed by atoms with E-state index in [0.717, 1.165) is 11.1 Å². The molecule has 5 N–H and O–H groups in total. The van der Waals surface area contributed by atoms with Crippen LogP contribution in [-0.4, -0.2) is 65.4 Å². The van der Waals surface area contributed by atoms with Crippen LogP contribution in [0.25, 0.3) is 0 Å². The second-order valence-electron chi connectivity index (χ2n) is 10.1. The standard InChI is InChI=1S/C25H40N4O6S/c1-14(2)10-18(29-23(33)20(36)13-27-24(34)35-25(4,5)6)22(32)28-19(21(31)26-7)12-16-8-9-17(30)11-15(16)3/h8-9,11,14,18-20,30,36H,10,12-13H2,1-7H3,(H,26,31)(H,27,34)(H,28,32)(H,29,33)/t18-,19-,20+/m0/s1. The minimum absolute atomic E-state index is 0.0668. The van der Waals surface area contributed by atoms with E-state index < -0.39 is 40.8 Å². The number of aromatic hydroxyl groups is 1. The van der Waals surface area contributed by atoms with Crippen molar-refractivity contribution in [3.8, 4) is 5.75 Å². The summed E-state index contributed by atoms with van der Waals surface area (Å²) in [6.07, 6.45) is -0.144. The van der Waals surface area contributed by atoms with Crippen molar-refractivity contribution in [3.63, 3.8) is 0 Å². The van der Waals surface area contributed by atoms with Crippen LogP contribution in [-0.2, 0) is 25.5 Å². The highest BCUT2D eigenvalue weighted by Crippen LogP contribution is 2.17. The molecule has 10 nitrogen and oxygen atoms in total. The van der Waals surface area contributed by atoms with Gasteiger partial charge in [-0.15, -0.1) is 0 Å². The fourth-order valence-corrected chi connectivity index (χ4v) is 3.51. The number of carbonyl (C=O) groups is 4. The van der Waals surface area contributed by atoms with Gasteiger partial charge in [0.1, 0.15) is 23.4 Å². The Morgan fingerprint density at radius 3 is 2.17 bits per heavy atom. The number of hydrogen-bond donors (Lipinski definition) is 6. The molecule has 0 bridgehead atoms. The molecule has 1 rings (SSSR count). The van der Waals surface area contributed by atoms with Crippen molar-refractivity contribution in [3.05, 3.63) is 29.3 Å². The van der Waals surface area contributed by atoms with Gasteiger partial charge in [0.05, 0.1) is 5.25 Å². The molecule has 202 valence electrons. The summed E-state index contributed by atoms with van der Waals surface area (Å²) in [5.74, 6) is -1.26. The Hall–Kier alpha value is -2.95. The third kappa shape index (κ3) is 11.2. The van der Waals surface area contributed by atoms with Crippen molar-refractivity contribution in [1.82, 2.24) is 21.3 Å². The molecule has 4 amide bonds. The van der Waals surface area contributed by atoms with E-state index in [1.165, 1.54) is 13.1 Å². The van der Waals surface area contributed by atoms with Gasteiger partial charge in [0.15, 0.2) is 0 Å². The fraction of sp³-hybridized carbons (Fsp3) is 0.600. The van der Waals surface area contributed by atoms with Crippen LogP contribution in [0.3, 0.4) is 0 Å². The van der Waals surface area contributed by atoms with Gasteiger partial charge in [-0.05, 0) is 63.3 Å². The van der Waals surface area contributed by atoms with Crippen molar-refractivity contribution >= 4 is 36.4 Å². The molecule has 0 unspecified atom stereocenters. The molecule has 36 heavy (non-hydrogen) atoms. The minimum atomic E-state index is -0.922. The Morgan fingerprint density at radius 2 is 1.64 bits per heavy atom. The van der Waals surface area contributed by atoms with E-state index in [1.54, 1.807) is 39.8 Å². The molecule has 0 heterocycles. The number of phenols is 1. The maximum Gasteiger partial charge on any atom is 0.407 e. The highest BCUT2D eigenvalue weighted by Gasteiger charge is 2.29. The Labute approximate surface area is 218 Å². The van der Waals surface area contributed by atoms with Gasteiger partial charge in [0.25, 0.3) is 0 Å². The average molecular weight is 525 g/mol. The number of phenolic OH excluding ortho intramolecular Hbond substituents is 1. The van der Waals surface area contributed by atoms with Gasteiger partial charge in [-0.25, -0.2) is 4.79 Å². The number of nitrogens with one attached hydrogen (secondary N) is 4. The smallest absolute Gasteiger partial charge is 0.407 e. The molecule has 1 aromatic carbocycles. The summed E-state index contributed by atoms with van der Waals surface area (Å²) in [4.78, 5) is 50.3. The third-order valence-corrected chi connectivity index (χ3v) is 5.53. The van der Waals surface area contributed by atoms with Gasteiger partial charge in [-0.1, -0.05) is 19.9 Å². The quantitative estimate of drug-likeness (QED) is 0.244. The Bertz CT molecular complexity index is 932. The highest BCUT2D eigenvalue weighted by molar-refractivity contribution is 7.81. The first-order chi connectivity index (χ1) is 16.6. The normalized spacial score (nSPS) is 13.8. The lowest BCUT2D eigenvalue weighted by Gasteiger charge is -2.25. The summed E-state index contributed by atoms with van der Waals surface area (Å²) in [7, 11) is 1.47. The zero-order chi connectivity index (χ0) is 27.6. The summed E-state index contributed by atoms with van der Waals surface area (Å²) in [5, 5.41) is 19.2. The zero-order valence-electron chi connectivity index (χ0n) is 22.1. The predicted molar refractivity (Wildman–Crippen MR) is 141 cm³/mol.